The summed E-state index contributed by atoms with van der Waals surface area (Å²) in [5, 5.41) is 9.32. The van der Waals surface area contributed by atoms with E-state index < -0.39 is 0 Å². The van der Waals surface area contributed by atoms with Crippen molar-refractivity contribution >= 4 is 23.1 Å². The number of aryl methyl sites for hydroxylation is 1. The van der Waals surface area contributed by atoms with E-state index in [1.165, 1.54) is 11.8 Å². The molecule has 0 unspecified atom stereocenters. The first-order chi connectivity index (χ1) is 10.2. The molecule has 0 aliphatic rings. The summed E-state index contributed by atoms with van der Waals surface area (Å²) >= 11 is 3.10. The molecule has 0 bridgehead atoms. The summed E-state index contributed by atoms with van der Waals surface area (Å²) < 4.78 is 0. The van der Waals surface area contributed by atoms with Crippen molar-refractivity contribution in [1.29, 1.82) is 0 Å². The number of thioether (sulfide) groups is 1. The van der Waals surface area contributed by atoms with Crippen LogP contribution in [0.25, 0.3) is 0 Å². The summed E-state index contributed by atoms with van der Waals surface area (Å²) in [7, 11) is 0. The maximum atomic E-state index is 11.6. The third kappa shape index (κ3) is 5.05. The zero-order valence-corrected chi connectivity index (χ0v) is 13.3. The molecule has 0 fully saturated rings. The number of hydrogen-bond donors (Lipinski definition) is 2. The average Bonchev–Trinajstić information content (AvgIpc) is 2.91. The second-order valence-electron chi connectivity index (χ2n) is 4.31. The first-order valence-corrected chi connectivity index (χ1v) is 8.43. The van der Waals surface area contributed by atoms with Gasteiger partial charge in [-0.1, -0.05) is 36.9 Å². The van der Waals surface area contributed by atoms with Gasteiger partial charge in [0.2, 0.25) is 0 Å². The Balaban J connectivity index is 2.02. The molecule has 2 aromatic rings. The van der Waals surface area contributed by atoms with E-state index in [4.69, 9.17) is 5.11 Å². The van der Waals surface area contributed by atoms with Gasteiger partial charge in [-0.25, -0.2) is 4.98 Å². The van der Waals surface area contributed by atoms with Crippen molar-refractivity contribution in [2.75, 3.05) is 6.61 Å². The SMILES string of the molecule is CCCc1cc(=O)[nH]c(SCc2ccc(C#CCO)s2)n1. The maximum Gasteiger partial charge on any atom is 0.251 e. The highest BCUT2D eigenvalue weighted by molar-refractivity contribution is 7.98. The van der Waals surface area contributed by atoms with Crippen LogP contribution < -0.4 is 5.56 Å². The van der Waals surface area contributed by atoms with E-state index in [1.54, 1.807) is 17.4 Å². The van der Waals surface area contributed by atoms with Gasteiger partial charge < -0.3 is 10.1 Å². The predicted octanol–water partition coefficient (Wildman–Crippen LogP) is 2.42. The summed E-state index contributed by atoms with van der Waals surface area (Å²) in [5.41, 5.74) is 0.737. The third-order valence-corrected chi connectivity index (χ3v) is 4.69. The highest BCUT2D eigenvalue weighted by Crippen LogP contribution is 2.24. The minimum atomic E-state index is -0.128. The number of thiophene rings is 1. The molecule has 0 aliphatic carbocycles. The number of aliphatic hydroxyl groups is 1. The monoisotopic (exact) mass is 320 g/mol. The molecule has 0 aromatic carbocycles. The van der Waals surface area contributed by atoms with Crippen LogP contribution in [0.2, 0.25) is 0 Å². The van der Waals surface area contributed by atoms with Crippen molar-refractivity contribution in [3.05, 3.63) is 44.0 Å². The molecule has 0 radical (unpaired) electrons. The van der Waals surface area contributed by atoms with Crippen LogP contribution in [0.1, 0.15) is 28.8 Å². The molecular formula is C15H16N2O2S2. The Morgan fingerprint density at radius 1 is 1.48 bits per heavy atom. The van der Waals surface area contributed by atoms with E-state index >= 15 is 0 Å². The number of hydrogen-bond acceptors (Lipinski definition) is 5. The lowest BCUT2D eigenvalue weighted by Gasteiger charge is -2.02. The molecule has 6 heteroatoms. The number of rotatable bonds is 5. The van der Waals surface area contributed by atoms with Gasteiger partial charge in [0.15, 0.2) is 5.16 Å². The van der Waals surface area contributed by atoms with Crippen LogP contribution in [0.5, 0.6) is 0 Å². The van der Waals surface area contributed by atoms with Crippen LogP contribution in [0.4, 0.5) is 0 Å². The molecular weight excluding hydrogens is 304 g/mol. The molecule has 0 saturated heterocycles. The van der Waals surface area contributed by atoms with Crippen LogP contribution in [-0.4, -0.2) is 21.7 Å². The van der Waals surface area contributed by atoms with Crippen LogP contribution in [0, 0.1) is 11.8 Å². The maximum absolute atomic E-state index is 11.6. The van der Waals surface area contributed by atoms with Gasteiger partial charge in [-0.05, 0) is 18.6 Å². The smallest absolute Gasteiger partial charge is 0.251 e. The first kappa shape index (κ1) is 15.8. The molecule has 2 N–H and O–H groups in total. The van der Waals surface area contributed by atoms with Gasteiger partial charge >= 0.3 is 0 Å². The lowest BCUT2D eigenvalue weighted by molar-refractivity contribution is 0.350. The molecule has 2 heterocycles. The summed E-state index contributed by atoms with van der Waals surface area (Å²) in [5.74, 6) is 6.25. The molecule has 0 saturated carbocycles. The van der Waals surface area contributed by atoms with E-state index in [-0.39, 0.29) is 12.2 Å². The van der Waals surface area contributed by atoms with E-state index in [1.807, 2.05) is 12.1 Å². The lowest BCUT2D eigenvalue weighted by atomic mass is 10.2. The van der Waals surface area contributed by atoms with Gasteiger partial charge in [-0.3, -0.25) is 4.79 Å². The standard InChI is InChI=1S/C15H16N2O2S2/c1-2-4-11-9-14(19)17-15(16-11)20-10-13-7-6-12(21-13)5-3-8-18/h6-7,9,18H,2,4,8,10H2,1H3,(H,16,17,19). The fraction of sp³-hybridized carbons (Fsp3) is 0.333. The van der Waals surface area contributed by atoms with Gasteiger partial charge in [0, 0.05) is 22.4 Å². The molecule has 0 spiro atoms. The van der Waals surface area contributed by atoms with Gasteiger partial charge in [0.05, 0.1) is 4.88 Å². The van der Waals surface area contributed by atoms with Crippen molar-refractivity contribution in [3.63, 3.8) is 0 Å². The van der Waals surface area contributed by atoms with Gasteiger partial charge in [-0.15, -0.1) is 11.3 Å². The Kier molecular flexibility index (Phi) is 6.05. The number of aromatic amines is 1. The Labute approximate surface area is 131 Å². The number of aliphatic hydroxyl groups excluding tert-OH is 1. The minimum Gasteiger partial charge on any atom is -0.384 e. The molecule has 0 atom stereocenters. The molecule has 0 aliphatic heterocycles. The average molecular weight is 320 g/mol. The highest BCUT2D eigenvalue weighted by atomic mass is 32.2. The second-order valence-corrected chi connectivity index (χ2v) is 6.44. The predicted molar refractivity (Wildman–Crippen MR) is 86.7 cm³/mol. The van der Waals surface area contributed by atoms with Crippen molar-refractivity contribution in [2.45, 2.75) is 30.7 Å². The van der Waals surface area contributed by atoms with Gasteiger partial charge in [0.1, 0.15) is 6.61 Å². The minimum absolute atomic E-state index is 0.100. The molecule has 4 nitrogen and oxygen atoms in total. The largest absolute Gasteiger partial charge is 0.384 e. The fourth-order valence-electron chi connectivity index (χ4n) is 1.72. The highest BCUT2D eigenvalue weighted by Gasteiger charge is 2.04. The van der Waals surface area contributed by atoms with E-state index in [0.717, 1.165) is 34.0 Å². The molecule has 2 aromatic heterocycles. The lowest BCUT2D eigenvalue weighted by Crippen LogP contribution is -2.09. The van der Waals surface area contributed by atoms with Crippen molar-refractivity contribution in [2.24, 2.45) is 0 Å². The number of nitrogens with one attached hydrogen (secondary N) is 1. The van der Waals surface area contributed by atoms with Gasteiger partial charge in [0.25, 0.3) is 5.56 Å². The molecule has 0 amide bonds. The normalized spacial score (nSPS) is 10.2. The molecule has 21 heavy (non-hydrogen) atoms. The van der Waals surface area contributed by atoms with Crippen LogP contribution in [0.15, 0.2) is 28.2 Å². The quantitative estimate of drug-likeness (QED) is 0.504. The number of aromatic nitrogens is 2. The zero-order chi connectivity index (χ0) is 15.1. The fourth-order valence-corrected chi connectivity index (χ4v) is 3.54. The third-order valence-electron chi connectivity index (χ3n) is 2.58. The summed E-state index contributed by atoms with van der Waals surface area (Å²) in [6, 6.07) is 5.50. The second kappa shape index (κ2) is 8.03. The van der Waals surface area contributed by atoms with E-state index in [0.29, 0.717) is 5.16 Å². The first-order valence-electron chi connectivity index (χ1n) is 6.62. The van der Waals surface area contributed by atoms with Crippen LogP contribution in [-0.2, 0) is 12.2 Å². The Hall–Kier alpha value is -1.55. The number of H-pyrrole nitrogens is 1. The van der Waals surface area contributed by atoms with E-state index in [9.17, 15) is 4.79 Å². The Morgan fingerprint density at radius 3 is 3.10 bits per heavy atom. The molecule has 2 rings (SSSR count). The van der Waals surface area contributed by atoms with Crippen LogP contribution in [0.3, 0.4) is 0 Å². The Morgan fingerprint density at radius 2 is 2.33 bits per heavy atom. The van der Waals surface area contributed by atoms with Crippen molar-refractivity contribution in [1.82, 2.24) is 9.97 Å². The van der Waals surface area contributed by atoms with Crippen molar-refractivity contribution in [3.8, 4) is 11.8 Å². The van der Waals surface area contributed by atoms with Gasteiger partial charge in [-0.2, -0.15) is 0 Å². The number of nitrogens with zero attached hydrogens (tertiary/aromatic N) is 1. The van der Waals surface area contributed by atoms with Crippen molar-refractivity contribution < 1.29 is 5.11 Å². The summed E-state index contributed by atoms with van der Waals surface area (Å²) in [6.07, 6.45) is 1.79. The van der Waals surface area contributed by atoms with E-state index in [2.05, 4.69) is 28.7 Å². The Bertz CT molecular complexity index is 710. The molecule has 110 valence electrons. The summed E-state index contributed by atoms with van der Waals surface area (Å²) in [6.45, 7) is 1.94. The summed E-state index contributed by atoms with van der Waals surface area (Å²) in [4.78, 5) is 20.9. The van der Waals surface area contributed by atoms with Crippen LogP contribution >= 0.6 is 23.1 Å². The topological polar surface area (TPSA) is 66.0 Å². The zero-order valence-electron chi connectivity index (χ0n) is 11.7.